The monoisotopic (exact) mass is 291 g/mol. The SMILES string of the molecule is c1cc(COc2nsnc2N2CCCNCC2)ccn1. The van der Waals surface area contributed by atoms with Gasteiger partial charge in [0.05, 0.1) is 11.7 Å². The summed E-state index contributed by atoms with van der Waals surface area (Å²) in [7, 11) is 0. The Kier molecular flexibility index (Phi) is 4.39. The van der Waals surface area contributed by atoms with E-state index in [9.17, 15) is 0 Å². The molecule has 1 saturated heterocycles. The van der Waals surface area contributed by atoms with E-state index < -0.39 is 0 Å². The standard InChI is InChI=1S/C13H17N5OS/c1-4-14-7-9-18(8-1)12-13(17-20-16-12)19-10-11-2-5-15-6-3-11/h2-3,5-6,14H,1,4,7-10H2. The predicted octanol–water partition coefficient (Wildman–Crippen LogP) is 1.31. The third kappa shape index (κ3) is 3.23. The maximum absolute atomic E-state index is 5.80. The van der Waals surface area contributed by atoms with Crippen LogP contribution in [0.1, 0.15) is 12.0 Å². The van der Waals surface area contributed by atoms with Gasteiger partial charge in [0.15, 0.2) is 0 Å². The summed E-state index contributed by atoms with van der Waals surface area (Å²) >= 11 is 1.20. The Labute approximate surface area is 122 Å². The summed E-state index contributed by atoms with van der Waals surface area (Å²) in [6.45, 7) is 4.46. The fraction of sp³-hybridized carbons (Fsp3) is 0.462. The van der Waals surface area contributed by atoms with E-state index in [-0.39, 0.29) is 0 Å². The molecule has 0 atom stereocenters. The molecule has 1 aliphatic rings. The van der Waals surface area contributed by atoms with Crippen LogP contribution in [-0.2, 0) is 6.61 Å². The van der Waals surface area contributed by atoms with Crippen LogP contribution in [0.2, 0.25) is 0 Å². The molecule has 20 heavy (non-hydrogen) atoms. The van der Waals surface area contributed by atoms with Gasteiger partial charge in [0.25, 0.3) is 5.88 Å². The van der Waals surface area contributed by atoms with E-state index in [4.69, 9.17) is 4.74 Å². The molecule has 1 fully saturated rings. The molecule has 3 rings (SSSR count). The Hall–Kier alpha value is -1.73. The Morgan fingerprint density at radius 2 is 2.10 bits per heavy atom. The van der Waals surface area contributed by atoms with Crippen molar-refractivity contribution in [1.82, 2.24) is 19.0 Å². The van der Waals surface area contributed by atoms with Crippen molar-refractivity contribution in [2.24, 2.45) is 0 Å². The number of hydrogen-bond donors (Lipinski definition) is 1. The van der Waals surface area contributed by atoms with Crippen molar-refractivity contribution in [1.29, 1.82) is 0 Å². The van der Waals surface area contributed by atoms with Crippen LogP contribution in [0.15, 0.2) is 24.5 Å². The lowest BCUT2D eigenvalue weighted by Crippen LogP contribution is -2.28. The average Bonchev–Trinajstić information content (AvgIpc) is 2.79. The fourth-order valence-corrected chi connectivity index (χ4v) is 2.67. The number of anilines is 1. The van der Waals surface area contributed by atoms with Gasteiger partial charge in [-0.15, -0.1) is 4.37 Å². The number of nitrogens with one attached hydrogen (secondary N) is 1. The summed E-state index contributed by atoms with van der Waals surface area (Å²) in [5.41, 5.74) is 1.08. The van der Waals surface area contributed by atoms with Crippen molar-refractivity contribution < 1.29 is 4.74 Å². The maximum Gasteiger partial charge on any atom is 0.271 e. The van der Waals surface area contributed by atoms with Crippen molar-refractivity contribution in [2.75, 3.05) is 31.1 Å². The molecule has 2 aromatic rings. The minimum Gasteiger partial charge on any atom is -0.470 e. The summed E-state index contributed by atoms with van der Waals surface area (Å²) in [5.74, 6) is 1.50. The zero-order chi connectivity index (χ0) is 13.6. The van der Waals surface area contributed by atoms with E-state index >= 15 is 0 Å². The molecule has 0 amide bonds. The molecule has 0 spiro atoms. The second kappa shape index (κ2) is 6.62. The molecule has 7 heteroatoms. The maximum atomic E-state index is 5.80. The van der Waals surface area contributed by atoms with E-state index in [0.717, 1.165) is 44.0 Å². The average molecular weight is 291 g/mol. The lowest BCUT2D eigenvalue weighted by Gasteiger charge is -2.19. The zero-order valence-corrected chi connectivity index (χ0v) is 12.0. The van der Waals surface area contributed by atoms with Crippen LogP contribution in [0.25, 0.3) is 0 Å². The second-order valence-electron chi connectivity index (χ2n) is 4.63. The van der Waals surface area contributed by atoms with Gasteiger partial charge in [-0.1, -0.05) is 0 Å². The van der Waals surface area contributed by atoms with E-state index in [1.165, 1.54) is 11.7 Å². The minimum absolute atomic E-state index is 0.493. The Bertz CT molecular complexity index is 525. The van der Waals surface area contributed by atoms with Gasteiger partial charge in [0.2, 0.25) is 5.82 Å². The number of rotatable bonds is 4. The first kappa shape index (κ1) is 13.3. The van der Waals surface area contributed by atoms with Crippen molar-refractivity contribution >= 4 is 17.5 Å². The number of ether oxygens (including phenoxy) is 1. The Morgan fingerprint density at radius 1 is 1.20 bits per heavy atom. The van der Waals surface area contributed by atoms with Crippen LogP contribution in [0.4, 0.5) is 5.82 Å². The zero-order valence-electron chi connectivity index (χ0n) is 11.2. The molecule has 0 radical (unpaired) electrons. The smallest absolute Gasteiger partial charge is 0.271 e. The number of aromatic nitrogens is 3. The van der Waals surface area contributed by atoms with E-state index in [0.29, 0.717) is 12.5 Å². The molecule has 106 valence electrons. The molecule has 6 nitrogen and oxygen atoms in total. The third-order valence-corrected chi connectivity index (χ3v) is 3.71. The van der Waals surface area contributed by atoms with Crippen LogP contribution in [-0.4, -0.2) is 39.9 Å². The molecule has 0 aromatic carbocycles. The highest BCUT2D eigenvalue weighted by molar-refractivity contribution is 6.99. The van der Waals surface area contributed by atoms with Crippen LogP contribution in [0.5, 0.6) is 5.88 Å². The van der Waals surface area contributed by atoms with Gasteiger partial charge < -0.3 is 15.0 Å². The van der Waals surface area contributed by atoms with E-state index in [1.807, 2.05) is 12.1 Å². The Balaban J connectivity index is 1.66. The summed E-state index contributed by atoms with van der Waals surface area (Å²) in [6.07, 6.45) is 4.64. The first-order valence-electron chi connectivity index (χ1n) is 6.73. The van der Waals surface area contributed by atoms with Gasteiger partial charge >= 0.3 is 0 Å². The van der Waals surface area contributed by atoms with Crippen molar-refractivity contribution in [2.45, 2.75) is 13.0 Å². The van der Waals surface area contributed by atoms with Crippen molar-refractivity contribution in [3.8, 4) is 5.88 Å². The molecular weight excluding hydrogens is 274 g/mol. The quantitative estimate of drug-likeness (QED) is 0.916. The summed E-state index contributed by atoms with van der Waals surface area (Å²) in [6, 6.07) is 3.88. The van der Waals surface area contributed by atoms with E-state index in [1.54, 1.807) is 12.4 Å². The lowest BCUT2D eigenvalue weighted by molar-refractivity contribution is 0.297. The molecule has 0 bridgehead atoms. The van der Waals surface area contributed by atoms with Gasteiger partial charge in [-0.25, -0.2) is 0 Å². The van der Waals surface area contributed by atoms with Gasteiger partial charge in [-0.05, 0) is 30.7 Å². The number of pyridine rings is 1. The van der Waals surface area contributed by atoms with Gasteiger partial charge in [-0.2, -0.15) is 4.37 Å². The lowest BCUT2D eigenvalue weighted by atomic mass is 10.3. The van der Waals surface area contributed by atoms with Gasteiger partial charge in [0.1, 0.15) is 6.61 Å². The highest BCUT2D eigenvalue weighted by Gasteiger charge is 2.18. The van der Waals surface area contributed by atoms with Crippen LogP contribution < -0.4 is 15.0 Å². The highest BCUT2D eigenvalue weighted by atomic mass is 32.1. The van der Waals surface area contributed by atoms with Crippen molar-refractivity contribution in [3.63, 3.8) is 0 Å². The van der Waals surface area contributed by atoms with Crippen LogP contribution >= 0.6 is 11.7 Å². The summed E-state index contributed by atoms with van der Waals surface area (Å²) < 4.78 is 14.5. The number of hydrogen-bond acceptors (Lipinski definition) is 7. The normalized spacial score (nSPS) is 15.9. The first-order valence-corrected chi connectivity index (χ1v) is 7.46. The third-order valence-electron chi connectivity index (χ3n) is 3.21. The van der Waals surface area contributed by atoms with Gasteiger partial charge in [0, 0.05) is 32.0 Å². The second-order valence-corrected chi connectivity index (χ2v) is 5.16. The summed E-state index contributed by atoms with van der Waals surface area (Å²) in [4.78, 5) is 6.24. The molecular formula is C13H17N5OS. The molecule has 2 aromatic heterocycles. The molecule has 3 heterocycles. The highest BCUT2D eigenvalue weighted by Crippen LogP contribution is 2.26. The molecule has 0 unspecified atom stereocenters. The number of nitrogens with zero attached hydrogens (tertiary/aromatic N) is 4. The fourth-order valence-electron chi connectivity index (χ4n) is 2.15. The summed E-state index contributed by atoms with van der Waals surface area (Å²) in [5, 5.41) is 3.38. The topological polar surface area (TPSA) is 63.2 Å². The largest absolute Gasteiger partial charge is 0.470 e. The molecule has 0 saturated carbocycles. The van der Waals surface area contributed by atoms with Crippen molar-refractivity contribution in [3.05, 3.63) is 30.1 Å². The predicted molar refractivity (Wildman–Crippen MR) is 78.2 cm³/mol. The van der Waals surface area contributed by atoms with E-state index in [2.05, 4.69) is 23.9 Å². The van der Waals surface area contributed by atoms with Crippen LogP contribution in [0, 0.1) is 0 Å². The Morgan fingerprint density at radius 3 is 3.00 bits per heavy atom. The molecule has 1 aliphatic heterocycles. The molecule has 0 aliphatic carbocycles. The van der Waals surface area contributed by atoms with Gasteiger partial charge in [-0.3, -0.25) is 4.98 Å². The first-order chi connectivity index (χ1) is 9.93. The van der Waals surface area contributed by atoms with Crippen LogP contribution in [0.3, 0.4) is 0 Å². The minimum atomic E-state index is 0.493. The molecule has 1 N–H and O–H groups in total.